The zero-order valence-electron chi connectivity index (χ0n) is 12.4. The van der Waals surface area contributed by atoms with Gasteiger partial charge in [0.2, 0.25) is 0 Å². The molecule has 0 aliphatic heterocycles. The lowest BCUT2D eigenvalue weighted by molar-refractivity contribution is -0.131. The molecule has 1 unspecified atom stereocenters. The molecule has 2 rings (SSSR count). The van der Waals surface area contributed by atoms with Crippen molar-refractivity contribution in [3.05, 3.63) is 41.0 Å². The molecule has 0 spiro atoms. The van der Waals surface area contributed by atoms with Crippen molar-refractivity contribution in [3.8, 4) is 0 Å². The number of carbonyl (C=O) groups excluding carboxylic acids is 1. The molecule has 112 valence electrons. The van der Waals surface area contributed by atoms with Gasteiger partial charge in [-0.1, -0.05) is 18.9 Å². The molecule has 1 aromatic rings. The van der Waals surface area contributed by atoms with Gasteiger partial charge in [0.15, 0.2) is 0 Å². The predicted molar refractivity (Wildman–Crippen MR) is 82.1 cm³/mol. The largest absolute Gasteiger partial charge is 0.478 e. The molecular formula is C17H21NO3. The van der Waals surface area contributed by atoms with Crippen LogP contribution in [0.15, 0.2) is 24.3 Å². The summed E-state index contributed by atoms with van der Waals surface area (Å²) in [5.41, 5.74) is 2.25. The van der Waals surface area contributed by atoms with E-state index in [1.165, 1.54) is 18.9 Å². The minimum absolute atomic E-state index is 0.104. The third kappa shape index (κ3) is 4.74. The molecule has 4 nitrogen and oxygen atoms in total. The average Bonchev–Trinajstić information content (AvgIpc) is 3.21. The van der Waals surface area contributed by atoms with E-state index < -0.39 is 5.97 Å². The van der Waals surface area contributed by atoms with Crippen LogP contribution in [0.4, 0.5) is 0 Å². The summed E-state index contributed by atoms with van der Waals surface area (Å²) in [4.78, 5) is 22.8. The summed E-state index contributed by atoms with van der Waals surface area (Å²) >= 11 is 0. The fraction of sp³-hybridized carbons (Fsp3) is 0.412. The number of amides is 1. The predicted octanol–water partition coefficient (Wildman–Crippen LogP) is 3.01. The van der Waals surface area contributed by atoms with E-state index >= 15 is 0 Å². The van der Waals surface area contributed by atoms with Crippen LogP contribution >= 0.6 is 0 Å². The Balaban J connectivity index is 2.05. The van der Waals surface area contributed by atoms with Gasteiger partial charge in [-0.2, -0.15) is 0 Å². The number of hydrogen-bond donors (Lipinski definition) is 2. The highest BCUT2D eigenvalue weighted by molar-refractivity contribution is 5.95. The van der Waals surface area contributed by atoms with Crippen molar-refractivity contribution in [3.63, 3.8) is 0 Å². The van der Waals surface area contributed by atoms with Crippen LogP contribution in [0.5, 0.6) is 0 Å². The Hall–Kier alpha value is -2.10. The molecule has 1 aliphatic rings. The maximum atomic E-state index is 12.2. The summed E-state index contributed by atoms with van der Waals surface area (Å²) < 4.78 is 0. The normalized spacial score (nSPS) is 15.9. The van der Waals surface area contributed by atoms with Gasteiger partial charge in [-0.3, -0.25) is 4.79 Å². The highest BCUT2D eigenvalue weighted by atomic mass is 16.4. The molecule has 1 atom stereocenters. The summed E-state index contributed by atoms with van der Waals surface area (Å²) in [5, 5.41) is 11.7. The van der Waals surface area contributed by atoms with Gasteiger partial charge in [0.25, 0.3) is 5.91 Å². The van der Waals surface area contributed by atoms with E-state index in [0.29, 0.717) is 5.56 Å². The molecule has 1 saturated carbocycles. The topological polar surface area (TPSA) is 66.4 Å². The van der Waals surface area contributed by atoms with Crippen LogP contribution in [0.2, 0.25) is 0 Å². The molecule has 0 bridgehead atoms. The van der Waals surface area contributed by atoms with E-state index in [-0.39, 0.29) is 11.9 Å². The number of nitrogens with one attached hydrogen (secondary N) is 1. The molecule has 2 N–H and O–H groups in total. The van der Waals surface area contributed by atoms with Crippen LogP contribution < -0.4 is 5.32 Å². The number of carbonyl (C=O) groups is 2. The van der Waals surface area contributed by atoms with Gasteiger partial charge in [0, 0.05) is 17.7 Å². The van der Waals surface area contributed by atoms with Crippen molar-refractivity contribution in [2.45, 2.75) is 39.2 Å². The lowest BCUT2D eigenvalue weighted by Gasteiger charge is -2.14. The van der Waals surface area contributed by atoms with E-state index in [4.69, 9.17) is 5.11 Å². The second-order valence-electron chi connectivity index (χ2n) is 5.80. The molecule has 1 aliphatic carbocycles. The van der Waals surface area contributed by atoms with Crippen molar-refractivity contribution in [2.24, 2.45) is 5.92 Å². The standard InChI is InChI=1S/C17H21NO3/c1-11-3-6-15(10-14(11)7-8-16(19)20)17(21)18-12(2)9-13-4-5-13/h3,6-8,10,12-13H,4-5,9H2,1-2H3,(H,18,21)(H,19,20)/b8-7+. The third-order valence-corrected chi connectivity index (χ3v) is 3.71. The molecule has 0 heterocycles. The van der Waals surface area contributed by atoms with Crippen molar-refractivity contribution < 1.29 is 14.7 Å². The minimum Gasteiger partial charge on any atom is -0.478 e. The molecule has 4 heteroatoms. The van der Waals surface area contributed by atoms with Crippen LogP contribution in [-0.4, -0.2) is 23.0 Å². The zero-order chi connectivity index (χ0) is 15.4. The van der Waals surface area contributed by atoms with Crippen LogP contribution in [0.3, 0.4) is 0 Å². The van der Waals surface area contributed by atoms with Gasteiger partial charge in [-0.15, -0.1) is 0 Å². The highest BCUT2D eigenvalue weighted by Gasteiger charge is 2.24. The molecular weight excluding hydrogens is 266 g/mol. The Labute approximate surface area is 124 Å². The first kappa shape index (κ1) is 15.3. The molecule has 1 amide bonds. The number of hydrogen-bond acceptors (Lipinski definition) is 2. The van der Waals surface area contributed by atoms with Gasteiger partial charge in [0.1, 0.15) is 0 Å². The molecule has 0 aromatic heterocycles. The zero-order valence-corrected chi connectivity index (χ0v) is 12.4. The van der Waals surface area contributed by atoms with E-state index in [1.54, 1.807) is 12.1 Å². The lowest BCUT2D eigenvalue weighted by atomic mass is 10.0. The van der Waals surface area contributed by atoms with Crippen molar-refractivity contribution in [1.82, 2.24) is 5.32 Å². The Bertz CT molecular complexity index is 573. The van der Waals surface area contributed by atoms with Crippen molar-refractivity contribution >= 4 is 18.0 Å². The number of aryl methyl sites for hydroxylation is 1. The number of carboxylic acids is 1. The molecule has 0 radical (unpaired) electrons. The first-order valence-electron chi connectivity index (χ1n) is 7.28. The maximum absolute atomic E-state index is 12.2. The van der Waals surface area contributed by atoms with Crippen LogP contribution in [0.1, 0.15) is 47.7 Å². The second-order valence-corrected chi connectivity index (χ2v) is 5.80. The first-order chi connectivity index (χ1) is 9.95. The third-order valence-electron chi connectivity index (χ3n) is 3.71. The summed E-state index contributed by atoms with van der Waals surface area (Å²) in [7, 11) is 0. The van der Waals surface area contributed by atoms with Crippen molar-refractivity contribution in [1.29, 1.82) is 0 Å². The average molecular weight is 287 g/mol. The Morgan fingerprint density at radius 2 is 2.14 bits per heavy atom. The van der Waals surface area contributed by atoms with Crippen LogP contribution in [-0.2, 0) is 4.79 Å². The number of carboxylic acid groups (broad SMARTS) is 1. The second kappa shape index (κ2) is 6.57. The summed E-state index contributed by atoms with van der Waals surface area (Å²) in [6, 6.07) is 5.51. The van der Waals surface area contributed by atoms with Gasteiger partial charge in [-0.05, 0) is 55.5 Å². The number of rotatable bonds is 6. The van der Waals surface area contributed by atoms with Gasteiger partial charge >= 0.3 is 5.97 Å². The lowest BCUT2D eigenvalue weighted by Crippen LogP contribution is -2.32. The van der Waals surface area contributed by atoms with E-state index in [0.717, 1.165) is 29.5 Å². The smallest absolute Gasteiger partial charge is 0.328 e. The first-order valence-corrected chi connectivity index (χ1v) is 7.28. The SMILES string of the molecule is Cc1ccc(C(=O)NC(C)CC2CC2)cc1/C=C/C(=O)O. The maximum Gasteiger partial charge on any atom is 0.328 e. The molecule has 0 saturated heterocycles. The summed E-state index contributed by atoms with van der Waals surface area (Å²) in [5.74, 6) is -0.331. The highest BCUT2D eigenvalue weighted by Crippen LogP contribution is 2.33. The quantitative estimate of drug-likeness (QED) is 0.790. The van der Waals surface area contributed by atoms with Gasteiger partial charge in [0.05, 0.1) is 0 Å². The molecule has 1 fully saturated rings. The van der Waals surface area contributed by atoms with Crippen LogP contribution in [0.25, 0.3) is 6.08 Å². The Morgan fingerprint density at radius 3 is 2.76 bits per heavy atom. The fourth-order valence-corrected chi connectivity index (χ4v) is 2.34. The van der Waals surface area contributed by atoms with Gasteiger partial charge < -0.3 is 10.4 Å². The van der Waals surface area contributed by atoms with Gasteiger partial charge in [-0.25, -0.2) is 4.79 Å². The minimum atomic E-state index is -0.998. The van der Waals surface area contributed by atoms with Crippen LogP contribution in [0, 0.1) is 12.8 Å². The Morgan fingerprint density at radius 1 is 1.43 bits per heavy atom. The van der Waals surface area contributed by atoms with Crippen molar-refractivity contribution in [2.75, 3.05) is 0 Å². The summed E-state index contributed by atoms with van der Waals surface area (Å²) in [6.45, 7) is 3.91. The Kier molecular flexibility index (Phi) is 4.78. The summed E-state index contributed by atoms with van der Waals surface area (Å²) in [6.07, 6.45) is 6.18. The number of benzene rings is 1. The van der Waals surface area contributed by atoms with E-state index in [2.05, 4.69) is 5.32 Å². The van der Waals surface area contributed by atoms with E-state index in [1.807, 2.05) is 19.9 Å². The number of aliphatic carboxylic acids is 1. The van der Waals surface area contributed by atoms with E-state index in [9.17, 15) is 9.59 Å². The molecule has 21 heavy (non-hydrogen) atoms. The fourth-order valence-electron chi connectivity index (χ4n) is 2.34. The monoisotopic (exact) mass is 287 g/mol. The molecule has 1 aromatic carbocycles.